The SMILES string of the molecule is CCCCCCCCC=CCCCCCCCC(=O)OC(COC(=O)C=Cc1ccc(O)c(OC)c1)COC(=O)C=Cc1ccc(O)c(OC)c1. The van der Waals surface area contributed by atoms with Crippen molar-refractivity contribution in [3.8, 4) is 23.0 Å². The van der Waals surface area contributed by atoms with Crippen molar-refractivity contribution < 1.29 is 48.3 Å². The zero-order valence-electron chi connectivity index (χ0n) is 30.5. The Morgan fingerprint density at radius 3 is 1.57 bits per heavy atom. The Labute approximate surface area is 303 Å². The number of rotatable bonds is 26. The molecule has 51 heavy (non-hydrogen) atoms. The van der Waals surface area contributed by atoms with E-state index >= 15 is 0 Å². The van der Waals surface area contributed by atoms with Crippen LogP contribution < -0.4 is 9.47 Å². The first-order valence-electron chi connectivity index (χ1n) is 18.0. The Morgan fingerprint density at radius 1 is 0.647 bits per heavy atom. The lowest BCUT2D eigenvalue weighted by molar-refractivity contribution is -0.163. The van der Waals surface area contributed by atoms with Crippen LogP contribution in [-0.4, -0.2) is 61.7 Å². The first-order valence-corrected chi connectivity index (χ1v) is 18.0. The molecule has 0 aliphatic heterocycles. The molecule has 0 bridgehead atoms. The first-order chi connectivity index (χ1) is 24.7. The van der Waals surface area contributed by atoms with Crippen molar-refractivity contribution in [3.05, 3.63) is 71.8 Å². The zero-order valence-corrected chi connectivity index (χ0v) is 30.5. The Kier molecular flexibility index (Phi) is 21.7. The second-order valence-corrected chi connectivity index (χ2v) is 12.2. The summed E-state index contributed by atoms with van der Waals surface area (Å²) in [6.45, 7) is 1.58. The van der Waals surface area contributed by atoms with Crippen molar-refractivity contribution in [2.75, 3.05) is 27.4 Å². The molecule has 280 valence electrons. The van der Waals surface area contributed by atoms with Gasteiger partial charge < -0.3 is 33.9 Å². The summed E-state index contributed by atoms with van der Waals surface area (Å²) in [7, 11) is 2.84. The lowest BCUT2D eigenvalue weighted by Crippen LogP contribution is -2.30. The van der Waals surface area contributed by atoms with Crippen LogP contribution in [0.25, 0.3) is 12.2 Å². The summed E-state index contributed by atoms with van der Waals surface area (Å²) in [5.41, 5.74) is 1.19. The molecule has 0 saturated carbocycles. The number of benzene rings is 2. The molecule has 10 heteroatoms. The number of unbranched alkanes of at least 4 members (excludes halogenated alkanes) is 11. The summed E-state index contributed by atoms with van der Waals surface area (Å²) in [5.74, 6) is -1.43. The molecule has 0 amide bonds. The van der Waals surface area contributed by atoms with Gasteiger partial charge in [0, 0.05) is 18.6 Å². The molecule has 10 nitrogen and oxygen atoms in total. The monoisotopic (exact) mass is 708 g/mol. The van der Waals surface area contributed by atoms with Crippen LogP contribution in [-0.2, 0) is 28.6 Å². The normalized spacial score (nSPS) is 12.0. The highest BCUT2D eigenvalue weighted by molar-refractivity contribution is 5.88. The number of aromatic hydroxyl groups is 2. The van der Waals surface area contributed by atoms with Gasteiger partial charge in [0.25, 0.3) is 0 Å². The highest BCUT2D eigenvalue weighted by Gasteiger charge is 2.19. The maximum atomic E-state index is 12.7. The fourth-order valence-corrected chi connectivity index (χ4v) is 5.07. The van der Waals surface area contributed by atoms with Gasteiger partial charge in [-0.25, -0.2) is 9.59 Å². The Morgan fingerprint density at radius 2 is 1.10 bits per heavy atom. The van der Waals surface area contributed by atoms with Crippen molar-refractivity contribution in [1.29, 1.82) is 0 Å². The van der Waals surface area contributed by atoms with E-state index in [0.29, 0.717) is 17.5 Å². The molecular formula is C41H56O10. The van der Waals surface area contributed by atoms with Gasteiger partial charge in [-0.1, -0.05) is 82.6 Å². The number of carbonyl (C=O) groups excluding carboxylic acids is 3. The fraction of sp³-hybridized carbons (Fsp3) is 0.488. The van der Waals surface area contributed by atoms with Crippen LogP contribution in [0.4, 0.5) is 0 Å². The van der Waals surface area contributed by atoms with E-state index in [4.69, 9.17) is 23.7 Å². The quantitative estimate of drug-likeness (QED) is 0.0320. The Bertz CT molecular complexity index is 1330. The minimum atomic E-state index is -1.02. The molecule has 2 aromatic rings. The van der Waals surface area contributed by atoms with Crippen LogP contribution >= 0.6 is 0 Å². The highest BCUT2D eigenvalue weighted by atomic mass is 16.6. The van der Waals surface area contributed by atoms with Gasteiger partial charge in [-0.05, 0) is 79.6 Å². The molecule has 0 aromatic heterocycles. The molecule has 0 fully saturated rings. The summed E-state index contributed by atoms with van der Waals surface area (Å²) in [5, 5.41) is 19.5. The number of ether oxygens (including phenoxy) is 5. The fourth-order valence-electron chi connectivity index (χ4n) is 5.07. The van der Waals surface area contributed by atoms with Crippen LogP contribution in [0, 0.1) is 0 Å². The summed E-state index contributed by atoms with van der Waals surface area (Å²) in [4.78, 5) is 37.6. The van der Waals surface area contributed by atoms with Crippen LogP contribution in [0.15, 0.2) is 60.7 Å². The average molecular weight is 709 g/mol. The molecule has 0 heterocycles. The van der Waals surface area contributed by atoms with Crippen molar-refractivity contribution in [2.45, 2.75) is 103 Å². The van der Waals surface area contributed by atoms with Gasteiger partial charge in [-0.3, -0.25) is 4.79 Å². The molecule has 0 saturated heterocycles. The maximum Gasteiger partial charge on any atom is 0.330 e. The van der Waals surface area contributed by atoms with Gasteiger partial charge in [0.1, 0.15) is 13.2 Å². The molecule has 0 radical (unpaired) electrons. The van der Waals surface area contributed by atoms with Gasteiger partial charge in [0.2, 0.25) is 0 Å². The second-order valence-electron chi connectivity index (χ2n) is 12.2. The third kappa shape index (κ3) is 19.3. The molecular weight excluding hydrogens is 652 g/mol. The largest absolute Gasteiger partial charge is 0.504 e. The third-order valence-electron chi connectivity index (χ3n) is 8.00. The van der Waals surface area contributed by atoms with Gasteiger partial charge in [-0.2, -0.15) is 0 Å². The summed E-state index contributed by atoms with van der Waals surface area (Å²) in [6.07, 6.45) is 24.0. The molecule has 0 aliphatic rings. The summed E-state index contributed by atoms with van der Waals surface area (Å²) < 4.78 is 26.3. The third-order valence-corrected chi connectivity index (χ3v) is 8.00. The number of phenolic OH excluding ortho intramolecular Hbond substituents is 2. The van der Waals surface area contributed by atoms with Gasteiger partial charge in [0.05, 0.1) is 14.2 Å². The molecule has 0 aliphatic carbocycles. The minimum Gasteiger partial charge on any atom is -0.504 e. The van der Waals surface area contributed by atoms with E-state index in [0.717, 1.165) is 38.5 Å². The molecule has 0 spiro atoms. The Balaban J connectivity index is 1.80. The molecule has 2 aromatic carbocycles. The number of allylic oxidation sites excluding steroid dienone is 2. The van der Waals surface area contributed by atoms with Crippen LogP contribution in [0.2, 0.25) is 0 Å². The van der Waals surface area contributed by atoms with Gasteiger partial charge in [-0.15, -0.1) is 0 Å². The number of esters is 3. The molecule has 0 unspecified atom stereocenters. The van der Waals surface area contributed by atoms with E-state index in [9.17, 15) is 24.6 Å². The number of hydrogen-bond acceptors (Lipinski definition) is 10. The average Bonchev–Trinajstić information content (AvgIpc) is 3.13. The molecule has 2 N–H and O–H groups in total. The van der Waals surface area contributed by atoms with Gasteiger partial charge >= 0.3 is 17.9 Å². The van der Waals surface area contributed by atoms with E-state index in [1.807, 2.05) is 0 Å². The van der Waals surface area contributed by atoms with E-state index in [-0.39, 0.29) is 42.6 Å². The van der Waals surface area contributed by atoms with Gasteiger partial charge in [0.15, 0.2) is 29.1 Å². The van der Waals surface area contributed by atoms with E-state index in [2.05, 4.69) is 19.1 Å². The number of methoxy groups -OCH3 is 2. The first kappa shape index (κ1) is 42.4. The number of phenols is 2. The van der Waals surface area contributed by atoms with Crippen molar-refractivity contribution >= 4 is 30.1 Å². The Hall–Kier alpha value is -4.73. The van der Waals surface area contributed by atoms with Crippen molar-refractivity contribution in [2.24, 2.45) is 0 Å². The number of carbonyl (C=O) groups is 3. The predicted molar refractivity (Wildman–Crippen MR) is 199 cm³/mol. The highest BCUT2D eigenvalue weighted by Crippen LogP contribution is 2.27. The van der Waals surface area contributed by atoms with E-state index in [1.54, 1.807) is 24.3 Å². The topological polar surface area (TPSA) is 138 Å². The minimum absolute atomic E-state index is 0.0316. The lowest BCUT2D eigenvalue weighted by atomic mass is 10.1. The maximum absolute atomic E-state index is 12.7. The van der Waals surface area contributed by atoms with Crippen molar-refractivity contribution in [1.82, 2.24) is 0 Å². The predicted octanol–water partition coefficient (Wildman–Crippen LogP) is 8.88. The van der Waals surface area contributed by atoms with Crippen LogP contribution in [0.5, 0.6) is 23.0 Å². The standard InChI is InChI=1S/C41H56O10/c1-4-5-6-7-8-9-10-11-12-13-14-15-16-17-18-19-41(46)51-34(30-49-39(44)26-22-32-20-24-35(42)37(28-32)47-2)31-50-40(45)27-23-33-21-25-36(43)38(29-33)48-3/h11-12,20-29,34,42-43H,4-10,13-19,30-31H2,1-3H3. The number of hydrogen-bond donors (Lipinski definition) is 2. The van der Waals surface area contributed by atoms with Crippen molar-refractivity contribution in [3.63, 3.8) is 0 Å². The summed E-state index contributed by atoms with van der Waals surface area (Å²) in [6, 6.07) is 9.19. The van der Waals surface area contributed by atoms with Crippen LogP contribution in [0.3, 0.4) is 0 Å². The van der Waals surface area contributed by atoms with E-state index < -0.39 is 24.0 Å². The molecule has 0 atom stereocenters. The smallest absolute Gasteiger partial charge is 0.330 e. The lowest BCUT2D eigenvalue weighted by Gasteiger charge is -2.17. The zero-order chi connectivity index (χ0) is 37.1. The summed E-state index contributed by atoms with van der Waals surface area (Å²) >= 11 is 0. The molecule has 2 rings (SSSR count). The second kappa shape index (κ2) is 26.1. The van der Waals surface area contributed by atoms with E-state index in [1.165, 1.54) is 89.2 Å². The van der Waals surface area contributed by atoms with Crippen LogP contribution in [0.1, 0.15) is 108 Å².